The molecule has 0 aromatic heterocycles. The lowest BCUT2D eigenvalue weighted by atomic mass is 10.8. The Hall–Kier alpha value is 0.0400. The van der Waals surface area contributed by atoms with Crippen molar-refractivity contribution in [3.05, 3.63) is 11.9 Å². The fraction of sp³-hybridized carbons (Fsp3) is 0.818. The van der Waals surface area contributed by atoms with Crippen molar-refractivity contribution >= 4 is 15.2 Å². The molecule has 0 N–H and O–H groups in total. The summed E-state index contributed by atoms with van der Waals surface area (Å²) in [7, 11) is -6.42. The van der Waals surface area contributed by atoms with Crippen molar-refractivity contribution in [2.24, 2.45) is 0 Å². The Morgan fingerprint density at radius 2 is 1.21 bits per heavy atom. The summed E-state index contributed by atoms with van der Waals surface area (Å²) in [5.74, 6) is 1.31. The Bertz CT molecular complexity index is 335. The van der Waals surface area contributed by atoms with Crippen molar-refractivity contribution in [1.82, 2.24) is 0 Å². The van der Waals surface area contributed by atoms with Gasteiger partial charge in [-0.05, 0) is 27.7 Å². The SMILES string of the molecule is CCOP(=O)(C=CCP(=O)(OCC)OCC)OCC. The predicted molar refractivity (Wildman–Crippen MR) is 75.7 cm³/mol. The molecule has 0 aliphatic carbocycles. The molecule has 19 heavy (non-hydrogen) atoms. The average molecular weight is 314 g/mol. The van der Waals surface area contributed by atoms with Crippen LogP contribution >= 0.6 is 15.2 Å². The van der Waals surface area contributed by atoms with Crippen molar-refractivity contribution in [2.45, 2.75) is 27.7 Å². The second-order valence-electron chi connectivity index (χ2n) is 3.39. The second-order valence-corrected chi connectivity index (χ2v) is 7.39. The van der Waals surface area contributed by atoms with Gasteiger partial charge in [-0.3, -0.25) is 9.13 Å². The summed E-state index contributed by atoms with van der Waals surface area (Å²) in [5.41, 5.74) is 0. The monoisotopic (exact) mass is 314 g/mol. The highest BCUT2D eigenvalue weighted by Crippen LogP contribution is 2.52. The maximum atomic E-state index is 12.1. The van der Waals surface area contributed by atoms with Crippen LogP contribution in [0.2, 0.25) is 0 Å². The topological polar surface area (TPSA) is 71.1 Å². The van der Waals surface area contributed by atoms with E-state index in [1.807, 2.05) is 0 Å². The Kier molecular flexibility index (Phi) is 9.89. The molecule has 0 fully saturated rings. The van der Waals surface area contributed by atoms with Gasteiger partial charge in [-0.2, -0.15) is 0 Å². The Morgan fingerprint density at radius 3 is 1.58 bits per heavy atom. The molecule has 0 rings (SSSR count). The highest BCUT2D eigenvalue weighted by molar-refractivity contribution is 7.57. The van der Waals surface area contributed by atoms with Crippen molar-refractivity contribution < 1.29 is 27.2 Å². The highest BCUT2D eigenvalue weighted by atomic mass is 31.2. The highest BCUT2D eigenvalue weighted by Gasteiger charge is 2.24. The lowest BCUT2D eigenvalue weighted by Crippen LogP contribution is -1.99. The van der Waals surface area contributed by atoms with Crippen LogP contribution in [0, 0.1) is 0 Å². The third kappa shape index (κ3) is 8.03. The van der Waals surface area contributed by atoms with E-state index in [-0.39, 0.29) is 19.4 Å². The second kappa shape index (κ2) is 9.87. The van der Waals surface area contributed by atoms with E-state index in [4.69, 9.17) is 18.1 Å². The molecule has 0 saturated heterocycles. The number of hydrogen-bond acceptors (Lipinski definition) is 6. The molecule has 6 nitrogen and oxygen atoms in total. The van der Waals surface area contributed by atoms with Gasteiger partial charge in [0.15, 0.2) is 0 Å². The van der Waals surface area contributed by atoms with Crippen LogP contribution in [-0.2, 0) is 27.2 Å². The molecule has 0 saturated carbocycles. The Balaban J connectivity index is 4.67. The van der Waals surface area contributed by atoms with Crippen LogP contribution in [0.4, 0.5) is 0 Å². The van der Waals surface area contributed by atoms with E-state index >= 15 is 0 Å². The zero-order valence-corrected chi connectivity index (χ0v) is 13.8. The summed E-state index contributed by atoms with van der Waals surface area (Å²) >= 11 is 0. The average Bonchev–Trinajstić information content (AvgIpc) is 2.29. The number of rotatable bonds is 11. The van der Waals surface area contributed by atoms with Gasteiger partial charge in [0.2, 0.25) is 0 Å². The first-order chi connectivity index (χ1) is 8.95. The molecular weight excluding hydrogens is 290 g/mol. The molecule has 0 atom stereocenters. The quantitative estimate of drug-likeness (QED) is 0.536. The van der Waals surface area contributed by atoms with Crippen molar-refractivity contribution in [1.29, 1.82) is 0 Å². The molecule has 0 aliphatic rings. The van der Waals surface area contributed by atoms with E-state index in [0.29, 0.717) is 13.2 Å². The van der Waals surface area contributed by atoms with Gasteiger partial charge in [0, 0.05) is 5.82 Å². The van der Waals surface area contributed by atoms with Gasteiger partial charge in [0.25, 0.3) is 0 Å². The summed E-state index contributed by atoms with van der Waals surface area (Å²) in [6, 6.07) is 0. The zero-order valence-electron chi connectivity index (χ0n) is 12.0. The molecule has 0 radical (unpaired) electrons. The standard InChI is InChI=1S/C11H24O6P2/c1-5-14-18(12,15-6-2)10-9-11-19(13,16-7-3)17-8-4/h9-10H,5-8,11H2,1-4H3. The maximum absolute atomic E-state index is 12.1. The molecule has 0 spiro atoms. The van der Waals surface area contributed by atoms with E-state index < -0.39 is 15.2 Å². The molecule has 8 heteroatoms. The minimum absolute atomic E-state index is 0.0405. The first-order valence-electron chi connectivity index (χ1n) is 6.39. The zero-order chi connectivity index (χ0) is 14.8. The summed E-state index contributed by atoms with van der Waals surface area (Å²) < 4.78 is 44.7. The van der Waals surface area contributed by atoms with Crippen LogP contribution in [0.3, 0.4) is 0 Å². The fourth-order valence-electron chi connectivity index (χ4n) is 1.32. The van der Waals surface area contributed by atoms with E-state index in [9.17, 15) is 9.13 Å². The lowest BCUT2D eigenvalue weighted by Gasteiger charge is -2.16. The van der Waals surface area contributed by atoms with Gasteiger partial charge in [0.05, 0.1) is 32.6 Å². The fourth-order valence-corrected chi connectivity index (χ4v) is 4.26. The third-order valence-electron chi connectivity index (χ3n) is 1.89. The van der Waals surface area contributed by atoms with Crippen LogP contribution in [-0.4, -0.2) is 32.6 Å². The minimum atomic E-state index is -3.26. The first kappa shape index (κ1) is 19.0. The molecule has 0 amide bonds. The van der Waals surface area contributed by atoms with Gasteiger partial charge in [-0.25, -0.2) is 0 Å². The number of hydrogen-bond donors (Lipinski definition) is 0. The van der Waals surface area contributed by atoms with Gasteiger partial charge < -0.3 is 18.1 Å². The van der Waals surface area contributed by atoms with Crippen molar-refractivity contribution in [2.75, 3.05) is 32.6 Å². The molecule has 0 heterocycles. The Labute approximate surface area is 115 Å². The van der Waals surface area contributed by atoms with Crippen LogP contribution in [0.15, 0.2) is 11.9 Å². The van der Waals surface area contributed by atoms with Crippen molar-refractivity contribution in [3.8, 4) is 0 Å². The third-order valence-corrected chi connectivity index (χ3v) is 5.66. The molecule has 0 aliphatic heterocycles. The van der Waals surface area contributed by atoms with Crippen molar-refractivity contribution in [3.63, 3.8) is 0 Å². The molecule has 0 aromatic rings. The van der Waals surface area contributed by atoms with Crippen LogP contribution in [0.1, 0.15) is 27.7 Å². The molecule has 0 bridgehead atoms. The molecule has 0 unspecified atom stereocenters. The Morgan fingerprint density at radius 1 is 0.789 bits per heavy atom. The summed E-state index contributed by atoms with van der Waals surface area (Å²) in [4.78, 5) is 0. The molecule has 114 valence electrons. The summed E-state index contributed by atoms with van der Waals surface area (Å²) in [6.07, 6.45) is 1.51. The smallest absolute Gasteiger partial charge is 0.309 e. The lowest BCUT2D eigenvalue weighted by molar-refractivity contribution is 0.222. The van der Waals surface area contributed by atoms with Gasteiger partial charge in [-0.1, -0.05) is 6.08 Å². The normalized spacial score (nSPS) is 13.3. The molecule has 0 aromatic carbocycles. The minimum Gasteiger partial charge on any atom is -0.309 e. The first-order valence-corrected chi connectivity index (χ1v) is 9.73. The summed E-state index contributed by atoms with van der Waals surface area (Å²) in [5, 5.41) is 0. The van der Waals surface area contributed by atoms with Gasteiger partial charge >= 0.3 is 15.2 Å². The van der Waals surface area contributed by atoms with Gasteiger partial charge in [0.1, 0.15) is 0 Å². The van der Waals surface area contributed by atoms with E-state index in [0.717, 1.165) is 0 Å². The summed E-state index contributed by atoms with van der Waals surface area (Å²) in [6.45, 7) is 8.06. The van der Waals surface area contributed by atoms with E-state index in [1.165, 1.54) is 11.9 Å². The molecular formula is C11H24O6P2. The van der Waals surface area contributed by atoms with E-state index in [1.54, 1.807) is 27.7 Å². The largest absolute Gasteiger partial charge is 0.353 e. The van der Waals surface area contributed by atoms with Crippen LogP contribution in [0.25, 0.3) is 0 Å². The van der Waals surface area contributed by atoms with Crippen LogP contribution in [0.5, 0.6) is 0 Å². The number of allylic oxidation sites excluding steroid dienone is 1. The van der Waals surface area contributed by atoms with E-state index in [2.05, 4.69) is 0 Å². The van der Waals surface area contributed by atoms with Gasteiger partial charge in [-0.15, -0.1) is 0 Å². The van der Waals surface area contributed by atoms with Crippen LogP contribution < -0.4 is 0 Å². The maximum Gasteiger partial charge on any atom is 0.353 e. The predicted octanol–water partition coefficient (Wildman–Crippen LogP) is 4.03.